The number of nitrogens with zero attached hydrogens (tertiary/aromatic N) is 3. The summed E-state index contributed by atoms with van der Waals surface area (Å²) < 4.78 is 1.97. The van der Waals surface area contributed by atoms with Crippen LogP contribution in [0.5, 0.6) is 0 Å². The molecule has 1 amide bonds. The second-order valence-electron chi connectivity index (χ2n) is 6.21. The van der Waals surface area contributed by atoms with Gasteiger partial charge in [-0.05, 0) is 24.3 Å². The van der Waals surface area contributed by atoms with Crippen LogP contribution < -0.4 is 11.1 Å². The van der Waals surface area contributed by atoms with Crippen LogP contribution in [-0.2, 0) is 13.5 Å². The topological polar surface area (TPSA) is 85.8 Å². The Labute approximate surface area is 161 Å². The largest absolute Gasteiger partial charge is 0.368 e. The van der Waals surface area contributed by atoms with Crippen molar-refractivity contribution in [2.24, 2.45) is 7.05 Å². The molecule has 7 heteroatoms. The lowest BCUT2D eigenvalue weighted by Gasteiger charge is -2.14. The maximum atomic E-state index is 12.2. The molecule has 134 valence electrons. The first kappa shape index (κ1) is 17.1. The Bertz CT molecular complexity index is 1120. The summed E-state index contributed by atoms with van der Waals surface area (Å²) in [5, 5.41) is 3.48. The van der Waals surface area contributed by atoms with Gasteiger partial charge in [0.25, 0.3) is 5.91 Å². The van der Waals surface area contributed by atoms with E-state index in [1.807, 2.05) is 29.8 Å². The van der Waals surface area contributed by atoms with Crippen molar-refractivity contribution in [3.63, 3.8) is 0 Å². The smallest absolute Gasteiger partial charge is 0.253 e. The van der Waals surface area contributed by atoms with Gasteiger partial charge >= 0.3 is 0 Å². The SMILES string of the molecule is Cn1c(-c2nc(N)ncc2C#Cc2cccc(Cl)c2)cc2c1CCNC2=O. The Hall–Kier alpha value is -3.30. The zero-order valence-electron chi connectivity index (χ0n) is 14.6. The van der Waals surface area contributed by atoms with Crippen molar-refractivity contribution >= 4 is 23.5 Å². The van der Waals surface area contributed by atoms with Gasteiger partial charge in [-0.25, -0.2) is 9.97 Å². The highest BCUT2D eigenvalue weighted by molar-refractivity contribution is 6.30. The van der Waals surface area contributed by atoms with Crippen LogP contribution >= 0.6 is 11.6 Å². The number of benzene rings is 1. The summed E-state index contributed by atoms with van der Waals surface area (Å²) in [5.74, 6) is 6.25. The van der Waals surface area contributed by atoms with Gasteiger partial charge < -0.3 is 15.6 Å². The molecule has 0 radical (unpaired) electrons. The summed E-state index contributed by atoms with van der Waals surface area (Å²) in [6, 6.07) is 9.14. The van der Waals surface area contributed by atoms with Crippen LogP contribution in [0, 0.1) is 11.8 Å². The first-order valence-corrected chi connectivity index (χ1v) is 8.78. The zero-order chi connectivity index (χ0) is 19.0. The van der Waals surface area contributed by atoms with Crippen molar-refractivity contribution in [3.8, 4) is 23.2 Å². The highest BCUT2D eigenvalue weighted by atomic mass is 35.5. The fraction of sp³-hybridized carbons (Fsp3) is 0.150. The lowest BCUT2D eigenvalue weighted by Crippen LogP contribution is -2.31. The molecule has 1 aromatic carbocycles. The van der Waals surface area contributed by atoms with Gasteiger partial charge in [-0.2, -0.15) is 0 Å². The van der Waals surface area contributed by atoms with E-state index in [2.05, 4.69) is 27.1 Å². The molecule has 27 heavy (non-hydrogen) atoms. The quantitative estimate of drug-likeness (QED) is 0.638. The van der Waals surface area contributed by atoms with E-state index in [0.717, 1.165) is 23.4 Å². The van der Waals surface area contributed by atoms with E-state index < -0.39 is 0 Å². The van der Waals surface area contributed by atoms with E-state index in [0.29, 0.717) is 28.4 Å². The second-order valence-corrected chi connectivity index (χ2v) is 6.64. The zero-order valence-corrected chi connectivity index (χ0v) is 15.3. The molecular formula is C20H16ClN5O. The van der Waals surface area contributed by atoms with Gasteiger partial charge in [0.15, 0.2) is 0 Å². The number of carbonyl (C=O) groups excluding carboxylic acids is 1. The molecule has 0 spiro atoms. The summed E-state index contributed by atoms with van der Waals surface area (Å²) in [6.45, 7) is 0.621. The van der Waals surface area contributed by atoms with Crippen LogP contribution in [0.25, 0.3) is 11.4 Å². The van der Waals surface area contributed by atoms with Gasteiger partial charge in [0.2, 0.25) is 5.95 Å². The molecule has 3 aromatic rings. The molecule has 0 saturated heterocycles. The van der Waals surface area contributed by atoms with Gasteiger partial charge in [-0.15, -0.1) is 0 Å². The lowest BCUT2D eigenvalue weighted by molar-refractivity contribution is 0.0945. The molecule has 0 saturated carbocycles. The summed E-state index contributed by atoms with van der Waals surface area (Å²) in [4.78, 5) is 20.6. The fourth-order valence-corrected chi connectivity index (χ4v) is 3.34. The van der Waals surface area contributed by atoms with E-state index in [9.17, 15) is 4.79 Å². The number of nitrogens with one attached hydrogen (secondary N) is 1. The number of nitrogen functional groups attached to an aromatic ring is 1. The Morgan fingerprint density at radius 3 is 2.93 bits per heavy atom. The Kier molecular flexibility index (Phi) is 4.30. The van der Waals surface area contributed by atoms with Crippen LogP contribution in [0.1, 0.15) is 27.2 Å². The Morgan fingerprint density at radius 1 is 1.30 bits per heavy atom. The number of hydrogen-bond donors (Lipinski definition) is 2. The number of aromatic nitrogens is 3. The van der Waals surface area contributed by atoms with Crippen molar-refractivity contribution in [2.75, 3.05) is 12.3 Å². The number of carbonyl (C=O) groups is 1. The standard InChI is InChI=1S/C20H16ClN5O/c1-26-16-7-8-23-19(27)15(16)10-17(26)18-13(11-24-20(22)25-18)6-5-12-3-2-4-14(21)9-12/h2-4,9-11H,7-8H2,1H3,(H,23,27)(H2,22,24,25). The Balaban J connectivity index is 1.83. The van der Waals surface area contributed by atoms with E-state index in [1.54, 1.807) is 18.3 Å². The minimum Gasteiger partial charge on any atom is -0.368 e. The highest BCUT2D eigenvalue weighted by Gasteiger charge is 2.24. The third kappa shape index (κ3) is 3.25. The third-order valence-corrected chi connectivity index (χ3v) is 4.70. The average Bonchev–Trinajstić information content (AvgIpc) is 2.99. The van der Waals surface area contributed by atoms with Crippen molar-refractivity contribution < 1.29 is 4.79 Å². The van der Waals surface area contributed by atoms with E-state index in [-0.39, 0.29) is 11.9 Å². The molecule has 0 fully saturated rings. The van der Waals surface area contributed by atoms with Crippen molar-refractivity contribution in [1.82, 2.24) is 19.9 Å². The number of halogens is 1. The molecule has 1 aliphatic heterocycles. The molecule has 0 unspecified atom stereocenters. The minimum absolute atomic E-state index is 0.0771. The van der Waals surface area contributed by atoms with E-state index in [4.69, 9.17) is 17.3 Å². The van der Waals surface area contributed by atoms with Crippen molar-refractivity contribution in [3.05, 3.63) is 63.9 Å². The molecule has 0 aliphatic carbocycles. The van der Waals surface area contributed by atoms with Crippen molar-refractivity contribution in [1.29, 1.82) is 0 Å². The summed E-state index contributed by atoms with van der Waals surface area (Å²) >= 11 is 6.02. The Morgan fingerprint density at radius 2 is 2.15 bits per heavy atom. The van der Waals surface area contributed by atoms with Crippen LogP contribution in [0.4, 0.5) is 5.95 Å². The predicted octanol–water partition coefficient (Wildman–Crippen LogP) is 2.40. The third-order valence-electron chi connectivity index (χ3n) is 4.47. The van der Waals surface area contributed by atoms with Gasteiger partial charge in [-0.1, -0.05) is 29.5 Å². The number of anilines is 1. The van der Waals surface area contributed by atoms with Crippen LogP contribution in [0.15, 0.2) is 36.5 Å². The monoisotopic (exact) mass is 377 g/mol. The second kappa shape index (κ2) is 6.78. The van der Waals surface area contributed by atoms with Gasteiger partial charge in [0, 0.05) is 42.5 Å². The molecule has 4 rings (SSSR count). The number of hydrogen-bond acceptors (Lipinski definition) is 4. The first-order valence-electron chi connectivity index (χ1n) is 8.40. The first-order chi connectivity index (χ1) is 13.0. The molecular weight excluding hydrogens is 362 g/mol. The lowest BCUT2D eigenvalue weighted by atomic mass is 10.1. The molecule has 1 aliphatic rings. The number of rotatable bonds is 1. The molecule has 0 bridgehead atoms. The van der Waals surface area contributed by atoms with Crippen LogP contribution in [-0.4, -0.2) is 27.0 Å². The molecule has 0 atom stereocenters. The van der Waals surface area contributed by atoms with Gasteiger partial charge in [0.05, 0.1) is 16.8 Å². The minimum atomic E-state index is -0.0771. The van der Waals surface area contributed by atoms with Gasteiger partial charge in [0.1, 0.15) is 5.69 Å². The normalized spacial score (nSPS) is 12.7. The number of amides is 1. The molecule has 2 aromatic heterocycles. The highest BCUT2D eigenvalue weighted by Crippen LogP contribution is 2.28. The summed E-state index contributed by atoms with van der Waals surface area (Å²) in [7, 11) is 1.92. The molecule has 3 N–H and O–H groups in total. The molecule has 3 heterocycles. The maximum Gasteiger partial charge on any atom is 0.253 e. The van der Waals surface area contributed by atoms with Crippen molar-refractivity contribution in [2.45, 2.75) is 6.42 Å². The summed E-state index contributed by atoms with van der Waals surface area (Å²) in [5.41, 5.74) is 10.2. The van der Waals surface area contributed by atoms with Gasteiger partial charge in [-0.3, -0.25) is 4.79 Å². The average molecular weight is 378 g/mol. The molecule has 6 nitrogen and oxygen atoms in total. The maximum absolute atomic E-state index is 12.2. The predicted molar refractivity (Wildman–Crippen MR) is 104 cm³/mol. The van der Waals surface area contributed by atoms with E-state index in [1.165, 1.54) is 0 Å². The van der Waals surface area contributed by atoms with E-state index >= 15 is 0 Å². The number of nitrogens with two attached hydrogens (primary N) is 1. The fourth-order valence-electron chi connectivity index (χ4n) is 3.15. The number of fused-ring (bicyclic) bond motifs is 1. The van der Waals surface area contributed by atoms with Crippen LogP contribution in [0.2, 0.25) is 5.02 Å². The van der Waals surface area contributed by atoms with Crippen LogP contribution in [0.3, 0.4) is 0 Å². The summed E-state index contributed by atoms with van der Waals surface area (Å²) in [6.07, 6.45) is 2.36.